The lowest BCUT2D eigenvalue weighted by atomic mass is 10.2. The molecular formula is C7H11NO3. The molecule has 1 N–H and O–H groups in total. The summed E-state index contributed by atoms with van der Waals surface area (Å²) in [7, 11) is 0. The Hall–Kier alpha value is -0.740. The SMILES string of the molecule is O=CCN1CCC(O)C1C=O. The number of carbonyl (C=O) groups excluding carboxylic acids is 2. The number of nitrogens with zero attached hydrogens (tertiary/aromatic N) is 1. The van der Waals surface area contributed by atoms with Crippen molar-refractivity contribution in [3.05, 3.63) is 0 Å². The summed E-state index contributed by atoms with van der Waals surface area (Å²) in [4.78, 5) is 22.1. The van der Waals surface area contributed by atoms with E-state index in [2.05, 4.69) is 0 Å². The van der Waals surface area contributed by atoms with Crippen molar-refractivity contribution in [3.8, 4) is 0 Å². The van der Waals surface area contributed by atoms with Crippen LogP contribution in [0.1, 0.15) is 6.42 Å². The van der Waals surface area contributed by atoms with Gasteiger partial charge in [0.1, 0.15) is 12.6 Å². The zero-order chi connectivity index (χ0) is 8.27. The van der Waals surface area contributed by atoms with Crippen LogP contribution >= 0.6 is 0 Å². The van der Waals surface area contributed by atoms with E-state index >= 15 is 0 Å². The Kier molecular flexibility index (Phi) is 2.73. The molecule has 2 unspecified atom stereocenters. The molecule has 4 heteroatoms. The van der Waals surface area contributed by atoms with Gasteiger partial charge in [0, 0.05) is 6.54 Å². The van der Waals surface area contributed by atoms with Gasteiger partial charge in [-0.05, 0) is 6.42 Å². The fourth-order valence-electron chi connectivity index (χ4n) is 1.35. The third kappa shape index (κ3) is 1.64. The minimum Gasteiger partial charge on any atom is -0.391 e. The Morgan fingerprint density at radius 1 is 1.55 bits per heavy atom. The summed E-state index contributed by atoms with van der Waals surface area (Å²) < 4.78 is 0. The molecule has 62 valence electrons. The summed E-state index contributed by atoms with van der Waals surface area (Å²) in [5, 5.41) is 9.20. The second kappa shape index (κ2) is 3.59. The van der Waals surface area contributed by atoms with E-state index in [1.54, 1.807) is 4.90 Å². The Bertz CT molecular complexity index is 160. The molecule has 1 rings (SSSR count). The highest BCUT2D eigenvalue weighted by molar-refractivity contribution is 5.61. The van der Waals surface area contributed by atoms with Gasteiger partial charge in [-0.3, -0.25) is 4.90 Å². The van der Waals surface area contributed by atoms with E-state index in [9.17, 15) is 14.7 Å². The summed E-state index contributed by atoms with van der Waals surface area (Å²) >= 11 is 0. The van der Waals surface area contributed by atoms with Gasteiger partial charge in [0.15, 0.2) is 0 Å². The molecule has 0 bridgehead atoms. The second-order valence-electron chi connectivity index (χ2n) is 2.64. The van der Waals surface area contributed by atoms with Crippen molar-refractivity contribution in [2.75, 3.05) is 13.1 Å². The third-order valence-corrected chi connectivity index (χ3v) is 1.98. The number of hydrogen-bond donors (Lipinski definition) is 1. The van der Waals surface area contributed by atoms with E-state index in [0.29, 0.717) is 19.3 Å². The van der Waals surface area contributed by atoms with Gasteiger partial charge < -0.3 is 14.7 Å². The van der Waals surface area contributed by atoms with Crippen LogP contribution in [0.5, 0.6) is 0 Å². The molecule has 0 radical (unpaired) electrons. The highest BCUT2D eigenvalue weighted by Crippen LogP contribution is 2.14. The Morgan fingerprint density at radius 3 is 2.82 bits per heavy atom. The molecule has 1 fully saturated rings. The molecule has 0 saturated carbocycles. The van der Waals surface area contributed by atoms with E-state index in [0.717, 1.165) is 6.29 Å². The zero-order valence-corrected chi connectivity index (χ0v) is 6.14. The predicted molar refractivity (Wildman–Crippen MR) is 38.1 cm³/mol. The Balaban J connectivity index is 2.53. The quantitative estimate of drug-likeness (QED) is 0.524. The number of aldehydes is 2. The van der Waals surface area contributed by atoms with Gasteiger partial charge in [-0.25, -0.2) is 0 Å². The minimum atomic E-state index is -0.590. The van der Waals surface area contributed by atoms with Gasteiger partial charge in [-0.15, -0.1) is 0 Å². The van der Waals surface area contributed by atoms with Gasteiger partial charge in [0.2, 0.25) is 0 Å². The fraction of sp³-hybridized carbons (Fsp3) is 0.714. The van der Waals surface area contributed by atoms with E-state index in [1.807, 2.05) is 0 Å². The average molecular weight is 157 g/mol. The third-order valence-electron chi connectivity index (χ3n) is 1.98. The molecule has 1 aliphatic heterocycles. The van der Waals surface area contributed by atoms with Crippen molar-refractivity contribution in [1.82, 2.24) is 4.90 Å². The van der Waals surface area contributed by atoms with E-state index in [4.69, 9.17) is 0 Å². The van der Waals surface area contributed by atoms with Crippen LogP contribution < -0.4 is 0 Å². The van der Waals surface area contributed by atoms with Crippen LogP contribution in [0, 0.1) is 0 Å². The molecule has 0 amide bonds. The van der Waals surface area contributed by atoms with Crippen molar-refractivity contribution in [1.29, 1.82) is 0 Å². The Labute approximate surface area is 64.8 Å². The van der Waals surface area contributed by atoms with Crippen LogP contribution in [0.4, 0.5) is 0 Å². The maximum absolute atomic E-state index is 10.4. The van der Waals surface area contributed by atoms with Crippen molar-refractivity contribution in [2.45, 2.75) is 18.6 Å². The molecular weight excluding hydrogens is 146 g/mol. The molecule has 0 aromatic carbocycles. The van der Waals surface area contributed by atoms with Crippen LogP contribution in [-0.2, 0) is 9.59 Å². The molecule has 2 atom stereocenters. The molecule has 1 saturated heterocycles. The molecule has 11 heavy (non-hydrogen) atoms. The maximum atomic E-state index is 10.4. The Morgan fingerprint density at radius 2 is 2.27 bits per heavy atom. The summed E-state index contributed by atoms with van der Waals surface area (Å²) in [6.45, 7) is 0.865. The van der Waals surface area contributed by atoms with Gasteiger partial charge >= 0.3 is 0 Å². The van der Waals surface area contributed by atoms with Crippen molar-refractivity contribution in [2.24, 2.45) is 0 Å². The highest BCUT2D eigenvalue weighted by Gasteiger charge is 2.31. The molecule has 4 nitrogen and oxygen atoms in total. The number of hydrogen-bond acceptors (Lipinski definition) is 4. The van der Waals surface area contributed by atoms with Crippen molar-refractivity contribution in [3.63, 3.8) is 0 Å². The van der Waals surface area contributed by atoms with E-state index < -0.39 is 12.1 Å². The maximum Gasteiger partial charge on any atom is 0.139 e. The van der Waals surface area contributed by atoms with Crippen LogP contribution in [-0.4, -0.2) is 47.8 Å². The lowest BCUT2D eigenvalue weighted by Gasteiger charge is -2.17. The summed E-state index contributed by atoms with van der Waals surface area (Å²) in [5.74, 6) is 0. The van der Waals surface area contributed by atoms with Crippen LogP contribution in [0.3, 0.4) is 0 Å². The molecule has 0 spiro atoms. The number of aliphatic hydroxyl groups is 1. The van der Waals surface area contributed by atoms with Crippen LogP contribution in [0.25, 0.3) is 0 Å². The average Bonchev–Trinajstić information content (AvgIpc) is 2.33. The molecule has 0 aliphatic carbocycles. The van der Waals surface area contributed by atoms with Crippen molar-refractivity contribution >= 4 is 12.6 Å². The minimum absolute atomic E-state index is 0.237. The number of rotatable bonds is 3. The molecule has 1 heterocycles. The lowest BCUT2D eigenvalue weighted by molar-refractivity contribution is -0.115. The lowest BCUT2D eigenvalue weighted by Crippen LogP contribution is -2.37. The van der Waals surface area contributed by atoms with E-state index in [1.165, 1.54) is 0 Å². The molecule has 0 aromatic rings. The van der Waals surface area contributed by atoms with Gasteiger partial charge in [-0.2, -0.15) is 0 Å². The predicted octanol–water partition coefficient (Wildman–Crippen LogP) is -1.18. The fourth-order valence-corrected chi connectivity index (χ4v) is 1.35. The molecule has 1 aliphatic rings. The zero-order valence-electron chi connectivity index (χ0n) is 6.14. The van der Waals surface area contributed by atoms with E-state index in [-0.39, 0.29) is 6.54 Å². The van der Waals surface area contributed by atoms with Gasteiger partial charge in [0.25, 0.3) is 0 Å². The summed E-state index contributed by atoms with van der Waals surface area (Å²) in [6.07, 6.45) is 1.43. The standard InChI is InChI=1S/C7H11NO3/c9-4-3-8-2-1-7(11)6(8)5-10/h4-7,11H,1-3H2. The summed E-state index contributed by atoms with van der Waals surface area (Å²) in [6, 6.07) is -0.472. The first-order valence-corrected chi connectivity index (χ1v) is 3.60. The van der Waals surface area contributed by atoms with Crippen LogP contribution in [0.15, 0.2) is 0 Å². The second-order valence-corrected chi connectivity index (χ2v) is 2.64. The monoisotopic (exact) mass is 157 g/mol. The summed E-state index contributed by atoms with van der Waals surface area (Å²) in [5.41, 5.74) is 0. The van der Waals surface area contributed by atoms with Gasteiger partial charge in [-0.1, -0.05) is 0 Å². The largest absolute Gasteiger partial charge is 0.391 e. The normalized spacial score (nSPS) is 32.1. The van der Waals surface area contributed by atoms with Gasteiger partial charge in [0.05, 0.1) is 18.7 Å². The number of likely N-dealkylation sites (tertiary alicyclic amines) is 1. The molecule has 0 aromatic heterocycles. The number of aliphatic hydroxyl groups excluding tert-OH is 1. The first-order valence-electron chi connectivity index (χ1n) is 3.60. The van der Waals surface area contributed by atoms with Crippen molar-refractivity contribution < 1.29 is 14.7 Å². The first-order chi connectivity index (χ1) is 5.29. The first kappa shape index (κ1) is 8.36. The van der Waals surface area contributed by atoms with Crippen LogP contribution in [0.2, 0.25) is 0 Å². The topological polar surface area (TPSA) is 57.6 Å². The highest BCUT2D eigenvalue weighted by atomic mass is 16.3. The smallest absolute Gasteiger partial charge is 0.139 e. The number of carbonyl (C=O) groups is 2.